The van der Waals surface area contributed by atoms with Crippen LogP contribution in [0.3, 0.4) is 0 Å². The summed E-state index contributed by atoms with van der Waals surface area (Å²) in [6, 6.07) is 11.9. The number of aromatic amines is 1. The van der Waals surface area contributed by atoms with Crippen LogP contribution in [0.5, 0.6) is 5.75 Å². The molecule has 164 valence electrons. The summed E-state index contributed by atoms with van der Waals surface area (Å²) < 4.78 is 6.28. The lowest BCUT2D eigenvalue weighted by molar-refractivity contribution is 0.0949. The highest BCUT2D eigenvalue weighted by atomic mass is 16.5. The average molecular weight is 425 g/mol. The Balaban J connectivity index is 1.81. The standard InChI is InChI=1S/C23H28N4O4/c1-4-26(5-2)13-12-24-21(28)17-8-11-19-20(14-17)25-23(30)27(22(19)29)15-16-6-9-18(31-3)10-7-16/h6-11,14H,4-5,12-13,15H2,1-3H3,(H,24,28)(H,25,30). The van der Waals surface area contributed by atoms with Crippen LogP contribution in [-0.4, -0.2) is 53.6 Å². The molecule has 1 heterocycles. The molecule has 2 aromatic carbocycles. The number of nitrogens with zero attached hydrogens (tertiary/aromatic N) is 2. The molecule has 3 rings (SSSR count). The minimum Gasteiger partial charge on any atom is -0.497 e. The maximum absolute atomic E-state index is 12.9. The van der Waals surface area contributed by atoms with E-state index in [0.717, 1.165) is 29.8 Å². The highest BCUT2D eigenvalue weighted by Gasteiger charge is 2.12. The second-order valence-electron chi connectivity index (χ2n) is 7.21. The van der Waals surface area contributed by atoms with Gasteiger partial charge in [-0.15, -0.1) is 0 Å². The van der Waals surface area contributed by atoms with E-state index in [2.05, 4.69) is 29.0 Å². The Bertz CT molecular complexity index is 1160. The van der Waals surface area contributed by atoms with Crippen LogP contribution in [-0.2, 0) is 6.54 Å². The summed E-state index contributed by atoms with van der Waals surface area (Å²) in [6.45, 7) is 7.43. The van der Waals surface area contributed by atoms with Crippen molar-refractivity contribution in [2.24, 2.45) is 0 Å². The topological polar surface area (TPSA) is 96.4 Å². The largest absolute Gasteiger partial charge is 0.497 e. The van der Waals surface area contributed by atoms with E-state index in [-0.39, 0.29) is 12.5 Å². The van der Waals surface area contributed by atoms with Gasteiger partial charge < -0.3 is 19.9 Å². The quantitative estimate of drug-likeness (QED) is 0.546. The monoisotopic (exact) mass is 424 g/mol. The second-order valence-corrected chi connectivity index (χ2v) is 7.21. The van der Waals surface area contributed by atoms with Gasteiger partial charge in [0.15, 0.2) is 0 Å². The molecule has 0 aliphatic carbocycles. The summed E-state index contributed by atoms with van der Waals surface area (Å²) >= 11 is 0. The summed E-state index contributed by atoms with van der Waals surface area (Å²) in [4.78, 5) is 42.8. The zero-order valence-corrected chi connectivity index (χ0v) is 18.1. The molecule has 1 amide bonds. The van der Waals surface area contributed by atoms with Gasteiger partial charge in [0, 0.05) is 18.7 Å². The number of methoxy groups -OCH3 is 1. The van der Waals surface area contributed by atoms with Gasteiger partial charge >= 0.3 is 5.69 Å². The van der Waals surface area contributed by atoms with Crippen molar-refractivity contribution < 1.29 is 9.53 Å². The van der Waals surface area contributed by atoms with Gasteiger partial charge in [0.1, 0.15) is 5.75 Å². The molecule has 0 atom stereocenters. The third-order valence-corrected chi connectivity index (χ3v) is 5.35. The Labute approximate surface area is 180 Å². The Morgan fingerprint density at radius 3 is 2.45 bits per heavy atom. The van der Waals surface area contributed by atoms with Crippen molar-refractivity contribution in [2.45, 2.75) is 20.4 Å². The Kier molecular flexibility index (Phi) is 7.25. The van der Waals surface area contributed by atoms with Crippen LogP contribution in [0.25, 0.3) is 10.9 Å². The molecular formula is C23H28N4O4. The number of carbonyl (C=O) groups excluding carboxylic acids is 1. The third kappa shape index (κ3) is 5.21. The second kappa shape index (κ2) is 10.1. The molecule has 3 aromatic rings. The van der Waals surface area contributed by atoms with Crippen molar-refractivity contribution in [3.63, 3.8) is 0 Å². The van der Waals surface area contributed by atoms with Crippen molar-refractivity contribution >= 4 is 16.8 Å². The van der Waals surface area contributed by atoms with Gasteiger partial charge in [-0.25, -0.2) is 4.79 Å². The summed E-state index contributed by atoms with van der Waals surface area (Å²) in [5.41, 5.74) is 0.625. The molecule has 0 spiro atoms. The third-order valence-electron chi connectivity index (χ3n) is 5.35. The van der Waals surface area contributed by atoms with E-state index in [1.54, 1.807) is 49.6 Å². The van der Waals surface area contributed by atoms with Crippen LogP contribution < -0.4 is 21.3 Å². The summed E-state index contributed by atoms with van der Waals surface area (Å²) in [5.74, 6) is 0.462. The van der Waals surface area contributed by atoms with Gasteiger partial charge in [0.2, 0.25) is 0 Å². The number of benzene rings is 2. The van der Waals surface area contributed by atoms with Crippen LogP contribution in [0, 0.1) is 0 Å². The van der Waals surface area contributed by atoms with Gasteiger partial charge in [0.25, 0.3) is 11.5 Å². The van der Waals surface area contributed by atoms with Gasteiger partial charge in [-0.2, -0.15) is 0 Å². The lowest BCUT2D eigenvalue weighted by atomic mass is 10.1. The molecular weight excluding hydrogens is 396 g/mol. The molecule has 0 unspecified atom stereocenters. The number of hydrogen-bond acceptors (Lipinski definition) is 5. The first-order valence-corrected chi connectivity index (χ1v) is 10.4. The maximum atomic E-state index is 12.9. The first kappa shape index (κ1) is 22.3. The highest BCUT2D eigenvalue weighted by Crippen LogP contribution is 2.13. The number of H-pyrrole nitrogens is 1. The van der Waals surface area contributed by atoms with Crippen molar-refractivity contribution in [3.8, 4) is 5.75 Å². The highest BCUT2D eigenvalue weighted by molar-refractivity contribution is 5.97. The molecule has 0 aliphatic heterocycles. The predicted octanol–water partition coefficient (Wildman–Crippen LogP) is 1.82. The zero-order chi connectivity index (χ0) is 22.4. The number of aromatic nitrogens is 2. The Morgan fingerprint density at radius 1 is 1.10 bits per heavy atom. The number of ether oxygens (including phenoxy) is 1. The van der Waals surface area contributed by atoms with Gasteiger partial charge in [0.05, 0.1) is 24.6 Å². The number of hydrogen-bond donors (Lipinski definition) is 2. The molecule has 0 aliphatic rings. The van der Waals surface area contributed by atoms with E-state index < -0.39 is 11.2 Å². The van der Waals surface area contributed by atoms with Crippen molar-refractivity contribution in [1.29, 1.82) is 0 Å². The lowest BCUT2D eigenvalue weighted by Gasteiger charge is -2.18. The van der Waals surface area contributed by atoms with Crippen LogP contribution in [0.4, 0.5) is 0 Å². The molecule has 0 bridgehead atoms. The molecule has 0 saturated carbocycles. The number of carbonyl (C=O) groups is 1. The SMILES string of the molecule is CCN(CC)CCNC(=O)c1ccc2c(=O)n(Cc3ccc(OC)cc3)c(=O)[nH]c2c1. The Hall–Kier alpha value is -3.39. The fourth-order valence-corrected chi connectivity index (χ4v) is 3.42. The number of fused-ring (bicyclic) bond motifs is 1. The number of likely N-dealkylation sites (N-methyl/N-ethyl adjacent to an activating group) is 1. The minimum absolute atomic E-state index is 0.141. The summed E-state index contributed by atoms with van der Waals surface area (Å²) in [5, 5.41) is 3.23. The van der Waals surface area contributed by atoms with Crippen molar-refractivity contribution in [1.82, 2.24) is 19.8 Å². The first-order valence-electron chi connectivity index (χ1n) is 10.4. The van der Waals surface area contributed by atoms with E-state index in [0.29, 0.717) is 28.8 Å². The summed E-state index contributed by atoms with van der Waals surface area (Å²) in [6.07, 6.45) is 0. The van der Waals surface area contributed by atoms with Crippen LogP contribution >= 0.6 is 0 Å². The lowest BCUT2D eigenvalue weighted by Crippen LogP contribution is -2.36. The summed E-state index contributed by atoms with van der Waals surface area (Å²) in [7, 11) is 1.58. The fourth-order valence-electron chi connectivity index (χ4n) is 3.42. The van der Waals surface area contributed by atoms with Crippen LogP contribution in [0.15, 0.2) is 52.1 Å². The maximum Gasteiger partial charge on any atom is 0.329 e. The van der Waals surface area contributed by atoms with Crippen LogP contribution in [0.2, 0.25) is 0 Å². The molecule has 8 nitrogen and oxygen atoms in total. The van der Waals surface area contributed by atoms with E-state index in [4.69, 9.17) is 4.74 Å². The normalized spacial score (nSPS) is 11.1. The zero-order valence-electron chi connectivity index (χ0n) is 18.1. The van der Waals surface area contributed by atoms with E-state index in [1.165, 1.54) is 0 Å². The predicted molar refractivity (Wildman–Crippen MR) is 121 cm³/mol. The van der Waals surface area contributed by atoms with Crippen molar-refractivity contribution in [3.05, 3.63) is 74.4 Å². The molecule has 31 heavy (non-hydrogen) atoms. The molecule has 0 radical (unpaired) electrons. The molecule has 0 fully saturated rings. The average Bonchev–Trinajstić information content (AvgIpc) is 2.79. The fraction of sp³-hybridized carbons (Fsp3) is 0.348. The molecule has 0 saturated heterocycles. The van der Waals surface area contributed by atoms with Gasteiger partial charge in [-0.3, -0.25) is 14.2 Å². The number of amides is 1. The molecule has 2 N–H and O–H groups in total. The van der Waals surface area contributed by atoms with Crippen molar-refractivity contribution in [2.75, 3.05) is 33.3 Å². The van der Waals surface area contributed by atoms with Crippen LogP contribution in [0.1, 0.15) is 29.8 Å². The van der Waals surface area contributed by atoms with Gasteiger partial charge in [-0.05, 0) is 49.0 Å². The first-order chi connectivity index (χ1) is 15.0. The van der Waals surface area contributed by atoms with Gasteiger partial charge in [-0.1, -0.05) is 26.0 Å². The molecule has 1 aromatic heterocycles. The smallest absolute Gasteiger partial charge is 0.329 e. The number of rotatable bonds is 9. The van der Waals surface area contributed by atoms with E-state index in [1.807, 2.05) is 0 Å². The van der Waals surface area contributed by atoms with E-state index in [9.17, 15) is 14.4 Å². The Morgan fingerprint density at radius 2 is 1.81 bits per heavy atom. The number of nitrogens with one attached hydrogen (secondary N) is 2. The minimum atomic E-state index is -0.521. The van der Waals surface area contributed by atoms with E-state index >= 15 is 0 Å². The molecule has 8 heteroatoms.